The molecule has 0 unspecified atom stereocenters. The van der Waals surface area contributed by atoms with Gasteiger partial charge in [-0.1, -0.05) is 32.0 Å². The van der Waals surface area contributed by atoms with E-state index in [1.54, 1.807) is 13.8 Å². The third kappa shape index (κ3) is 4.64. The van der Waals surface area contributed by atoms with E-state index in [0.29, 0.717) is 18.8 Å². The minimum atomic E-state index is -3.71. The van der Waals surface area contributed by atoms with Crippen LogP contribution in [0.3, 0.4) is 0 Å². The van der Waals surface area contributed by atoms with E-state index in [9.17, 15) is 18.0 Å². The Morgan fingerprint density at radius 1 is 1.07 bits per heavy atom. The molecule has 0 radical (unpaired) electrons. The number of benzene rings is 1. The lowest BCUT2D eigenvalue weighted by Crippen LogP contribution is -2.33. The molecule has 27 heavy (non-hydrogen) atoms. The summed E-state index contributed by atoms with van der Waals surface area (Å²) in [6.07, 6.45) is 1.22. The van der Waals surface area contributed by atoms with E-state index in [2.05, 4.69) is 5.32 Å². The van der Waals surface area contributed by atoms with Crippen LogP contribution in [0.25, 0.3) is 0 Å². The second-order valence-electron chi connectivity index (χ2n) is 6.24. The van der Waals surface area contributed by atoms with Crippen molar-refractivity contribution < 1.29 is 13.2 Å². The molecule has 2 aromatic rings. The summed E-state index contributed by atoms with van der Waals surface area (Å²) in [6, 6.07) is 8.10. The first kappa shape index (κ1) is 20.9. The Balaban J connectivity index is 2.29. The molecule has 8 heteroatoms. The fourth-order valence-electron chi connectivity index (χ4n) is 2.84. The maximum Gasteiger partial charge on any atom is 0.251 e. The average molecular weight is 391 g/mol. The molecule has 0 aliphatic carbocycles. The van der Waals surface area contributed by atoms with Gasteiger partial charge in [0, 0.05) is 31.0 Å². The van der Waals surface area contributed by atoms with Crippen LogP contribution in [0.5, 0.6) is 0 Å². The van der Waals surface area contributed by atoms with Crippen LogP contribution in [-0.2, 0) is 21.4 Å². The van der Waals surface area contributed by atoms with Crippen molar-refractivity contribution in [3.8, 4) is 0 Å². The highest BCUT2D eigenvalue weighted by Crippen LogP contribution is 2.19. The number of sulfonamides is 1. The number of aryl methyl sites for hydroxylation is 2. The van der Waals surface area contributed by atoms with Crippen LogP contribution >= 0.6 is 0 Å². The molecule has 1 aromatic carbocycles. The van der Waals surface area contributed by atoms with Crippen LogP contribution in [0.15, 0.2) is 46.2 Å². The third-order valence-corrected chi connectivity index (χ3v) is 6.39. The molecular formula is C19H25N3O4S. The number of nitrogens with zero attached hydrogens (tertiary/aromatic N) is 2. The molecule has 0 fully saturated rings. The number of rotatable bonds is 7. The van der Waals surface area contributed by atoms with Gasteiger partial charge in [0.15, 0.2) is 0 Å². The molecule has 7 nitrogen and oxygen atoms in total. The second-order valence-corrected chi connectivity index (χ2v) is 8.17. The molecule has 0 aliphatic rings. The Labute approximate surface area is 159 Å². The minimum absolute atomic E-state index is 0.00864. The molecule has 1 aromatic heterocycles. The normalized spacial score (nSPS) is 11.6. The molecule has 1 heterocycles. The van der Waals surface area contributed by atoms with Crippen molar-refractivity contribution in [1.82, 2.24) is 8.87 Å². The average Bonchev–Trinajstić information content (AvgIpc) is 2.61. The molecular weight excluding hydrogens is 366 g/mol. The summed E-state index contributed by atoms with van der Waals surface area (Å²) in [5, 5.41) is 2.80. The molecule has 1 N–H and O–H groups in total. The van der Waals surface area contributed by atoms with Crippen molar-refractivity contribution in [2.24, 2.45) is 0 Å². The van der Waals surface area contributed by atoms with E-state index in [0.717, 1.165) is 15.7 Å². The summed E-state index contributed by atoms with van der Waals surface area (Å²) >= 11 is 0. The molecule has 0 aliphatic heterocycles. The SMILES string of the molecule is CCN(CC)S(=O)(=O)c1ccc(=O)n(CC(=O)Nc2c(C)cccc2C)c1. The molecule has 2 rings (SSSR count). The number of anilines is 1. The van der Waals surface area contributed by atoms with E-state index in [-0.39, 0.29) is 11.4 Å². The van der Waals surface area contributed by atoms with Crippen molar-refractivity contribution in [1.29, 1.82) is 0 Å². The monoisotopic (exact) mass is 391 g/mol. The standard InChI is InChI=1S/C19H25N3O4S/c1-5-22(6-2)27(25,26)16-10-11-18(24)21(12-16)13-17(23)20-19-14(3)8-7-9-15(19)4/h7-12H,5-6,13H2,1-4H3,(H,20,23). The van der Waals surface area contributed by atoms with E-state index in [1.165, 1.54) is 22.6 Å². The van der Waals surface area contributed by atoms with Crippen molar-refractivity contribution in [2.45, 2.75) is 39.1 Å². The number of para-hydroxylation sites is 1. The van der Waals surface area contributed by atoms with Crippen LogP contribution in [0, 0.1) is 13.8 Å². The van der Waals surface area contributed by atoms with E-state index < -0.39 is 21.5 Å². The fraction of sp³-hybridized carbons (Fsp3) is 0.368. The number of carbonyl (C=O) groups excluding carboxylic acids is 1. The van der Waals surface area contributed by atoms with E-state index >= 15 is 0 Å². The Morgan fingerprint density at radius 3 is 2.22 bits per heavy atom. The first-order valence-corrected chi connectivity index (χ1v) is 10.2. The highest BCUT2D eigenvalue weighted by molar-refractivity contribution is 7.89. The van der Waals surface area contributed by atoms with Gasteiger partial charge in [0.1, 0.15) is 6.54 Å². The van der Waals surface area contributed by atoms with Gasteiger partial charge in [-0.25, -0.2) is 8.42 Å². The van der Waals surface area contributed by atoms with Crippen LogP contribution in [0.4, 0.5) is 5.69 Å². The predicted molar refractivity (Wildman–Crippen MR) is 105 cm³/mol. The van der Waals surface area contributed by atoms with Crippen LogP contribution < -0.4 is 10.9 Å². The van der Waals surface area contributed by atoms with Gasteiger partial charge < -0.3 is 9.88 Å². The minimum Gasteiger partial charge on any atom is -0.324 e. The first-order valence-electron chi connectivity index (χ1n) is 8.77. The number of pyridine rings is 1. The van der Waals surface area contributed by atoms with Crippen molar-refractivity contribution in [2.75, 3.05) is 18.4 Å². The Bertz CT molecular complexity index is 972. The molecule has 0 atom stereocenters. The summed E-state index contributed by atoms with van der Waals surface area (Å²) in [5.41, 5.74) is 2.08. The zero-order valence-electron chi connectivity index (χ0n) is 16.0. The highest BCUT2D eigenvalue weighted by Gasteiger charge is 2.22. The van der Waals surface area contributed by atoms with Crippen LogP contribution in [-0.4, -0.2) is 36.3 Å². The molecule has 0 saturated carbocycles. The van der Waals surface area contributed by atoms with Crippen LogP contribution in [0.2, 0.25) is 0 Å². The van der Waals surface area contributed by atoms with Gasteiger partial charge in [-0.2, -0.15) is 4.31 Å². The lowest BCUT2D eigenvalue weighted by Gasteiger charge is -2.19. The fourth-order valence-corrected chi connectivity index (χ4v) is 4.32. The number of hydrogen-bond donors (Lipinski definition) is 1. The smallest absolute Gasteiger partial charge is 0.251 e. The number of nitrogens with one attached hydrogen (secondary N) is 1. The van der Waals surface area contributed by atoms with Gasteiger partial charge in [-0.05, 0) is 31.0 Å². The lowest BCUT2D eigenvalue weighted by atomic mass is 10.1. The lowest BCUT2D eigenvalue weighted by molar-refractivity contribution is -0.116. The highest BCUT2D eigenvalue weighted by atomic mass is 32.2. The summed E-state index contributed by atoms with van der Waals surface area (Å²) < 4.78 is 27.7. The van der Waals surface area contributed by atoms with Crippen molar-refractivity contribution in [3.63, 3.8) is 0 Å². The van der Waals surface area contributed by atoms with Gasteiger partial charge in [0.2, 0.25) is 15.9 Å². The van der Waals surface area contributed by atoms with Gasteiger partial charge in [-0.15, -0.1) is 0 Å². The second kappa shape index (κ2) is 8.49. The predicted octanol–water partition coefficient (Wildman–Crippen LogP) is 2.13. The maximum absolute atomic E-state index is 12.6. The van der Waals surface area contributed by atoms with Gasteiger partial charge in [0.25, 0.3) is 5.56 Å². The third-order valence-electron chi connectivity index (χ3n) is 4.36. The number of carbonyl (C=O) groups is 1. The largest absolute Gasteiger partial charge is 0.324 e. The molecule has 146 valence electrons. The summed E-state index contributed by atoms with van der Waals surface area (Å²) in [6.45, 7) is 7.63. The topological polar surface area (TPSA) is 88.5 Å². The number of hydrogen-bond acceptors (Lipinski definition) is 4. The van der Waals surface area contributed by atoms with Gasteiger partial charge >= 0.3 is 0 Å². The van der Waals surface area contributed by atoms with Gasteiger partial charge in [-0.3, -0.25) is 9.59 Å². The summed E-state index contributed by atoms with van der Waals surface area (Å²) in [4.78, 5) is 24.5. The molecule has 1 amide bonds. The summed E-state index contributed by atoms with van der Waals surface area (Å²) in [7, 11) is -3.71. The Kier molecular flexibility index (Phi) is 6.56. The van der Waals surface area contributed by atoms with Crippen molar-refractivity contribution in [3.05, 3.63) is 58.0 Å². The van der Waals surface area contributed by atoms with Crippen molar-refractivity contribution >= 4 is 21.6 Å². The van der Waals surface area contributed by atoms with E-state index in [1.807, 2.05) is 32.0 Å². The molecule has 0 saturated heterocycles. The number of aromatic nitrogens is 1. The zero-order chi connectivity index (χ0) is 20.2. The van der Waals surface area contributed by atoms with E-state index in [4.69, 9.17) is 0 Å². The van der Waals surface area contributed by atoms with Crippen LogP contribution in [0.1, 0.15) is 25.0 Å². The Morgan fingerprint density at radius 2 is 1.67 bits per heavy atom. The zero-order valence-corrected chi connectivity index (χ0v) is 16.8. The molecule has 0 bridgehead atoms. The Hall–Kier alpha value is -2.45. The molecule has 0 spiro atoms. The quantitative estimate of drug-likeness (QED) is 0.783. The summed E-state index contributed by atoms with van der Waals surface area (Å²) in [5.74, 6) is -0.396. The maximum atomic E-state index is 12.6. The first-order chi connectivity index (χ1) is 12.7. The van der Waals surface area contributed by atoms with Gasteiger partial charge in [0.05, 0.1) is 4.90 Å². The number of amides is 1.